The van der Waals surface area contributed by atoms with Crippen molar-refractivity contribution in [1.29, 1.82) is 0 Å². The Labute approximate surface area is 132 Å². The SMILES string of the molecule is CC(=O)NC[C@H](c1ccc(Cl)cc1)S(=O)(=O)c1cccs1. The third-order valence-corrected chi connectivity index (χ3v) is 6.71. The quantitative estimate of drug-likeness (QED) is 0.907. The molecule has 0 aliphatic rings. The summed E-state index contributed by atoms with van der Waals surface area (Å²) in [4.78, 5) is 11.1. The second-order valence-corrected chi connectivity index (χ2v) is 8.20. The number of carbonyl (C=O) groups is 1. The van der Waals surface area contributed by atoms with Gasteiger partial charge < -0.3 is 5.32 Å². The van der Waals surface area contributed by atoms with Gasteiger partial charge in [-0.25, -0.2) is 8.42 Å². The molecule has 21 heavy (non-hydrogen) atoms. The summed E-state index contributed by atoms with van der Waals surface area (Å²) in [5.74, 6) is -0.268. The molecule has 1 aromatic carbocycles. The molecule has 1 atom stereocenters. The molecule has 1 heterocycles. The molecule has 0 spiro atoms. The molecule has 2 aromatic rings. The Morgan fingerprint density at radius 2 is 1.95 bits per heavy atom. The Morgan fingerprint density at radius 3 is 2.48 bits per heavy atom. The van der Waals surface area contributed by atoms with Crippen LogP contribution in [-0.2, 0) is 14.6 Å². The van der Waals surface area contributed by atoms with Gasteiger partial charge in [0.1, 0.15) is 9.46 Å². The van der Waals surface area contributed by atoms with E-state index in [1.165, 1.54) is 6.92 Å². The van der Waals surface area contributed by atoms with Crippen LogP contribution in [0.5, 0.6) is 0 Å². The highest BCUT2D eigenvalue weighted by Crippen LogP contribution is 2.31. The van der Waals surface area contributed by atoms with Crippen LogP contribution in [0.4, 0.5) is 0 Å². The molecule has 1 N–H and O–H groups in total. The van der Waals surface area contributed by atoms with Crippen molar-refractivity contribution in [3.05, 3.63) is 52.4 Å². The first-order valence-electron chi connectivity index (χ1n) is 6.18. The van der Waals surface area contributed by atoms with Crippen LogP contribution < -0.4 is 5.32 Å². The zero-order chi connectivity index (χ0) is 15.5. The number of thiophene rings is 1. The van der Waals surface area contributed by atoms with Gasteiger partial charge in [-0.2, -0.15) is 0 Å². The lowest BCUT2D eigenvalue weighted by Gasteiger charge is -2.17. The van der Waals surface area contributed by atoms with Crippen molar-refractivity contribution in [1.82, 2.24) is 5.32 Å². The lowest BCUT2D eigenvalue weighted by Crippen LogP contribution is -2.30. The van der Waals surface area contributed by atoms with Gasteiger partial charge in [0, 0.05) is 18.5 Å². The second kappa shape index (κ2) is 6.60. The monoisotopic (exact) mass is 343 g/mol. The van der Waals surface area contributed by atoms with Crippen molar-refractivity contribution in [2.75, 3.05) is 6.54 Å². The van der Waals surface area contributed by atoms with E-state index in [2.05, 4.69) is 5.32 Å². The van der Waals surface area contributed by atoms with Crippen LogP contribution in [0.15, 0.2) is 46.0 Å². The minimum atomic E-state index is -3.56. The topological polar surface area (TPSA) is 63.2 Å². The number of benzene rings is 1. The van der Waals surface area contributed by atoms with Crippen LogP contribution in [-0.4, -0.2) is 20.9 Å². The Hall–Kier alpha value is -1.37. The number of sulfone groups is 1. The van der Waals surface area contributed by atoms with Gasteiger partial charge in [-0.05, 0) is 29.1 Å². The third kappa shape index (κ3) is 3.84. The van der Waals surface area contributed by atoms with E-state index < -0.39 is 15.1 Å². The largest absolute Gasteiger partial charge is 0.355 e. The molecule has 0 bridgehead atoms. The minimum absolute atomic E-state index is 0.0250. The number of nitrogens with one attached hydrogen (secondary N) is 1. The average Bonchev–Trinajstić information content (AvgIpc) is 2.95. The molecule has 1 aromatic heterocycles. The Kier molecular flexibility index (Phi) is 5.03. The zero-order valence-corrected chi connectivity index (χ0v) is 13.6. The standard InChI is InChI=1S/C14H14ClNO3S2/c1-10(17)16-9-13(11-4-6-12(15)7-5-11)21(18,19)14-3-2-8-20-14/h2-8,13H,9H2,1H3,(H,16,17)/t13-/m1/s1. The maximum absolute atomic E-state index is 12.7. The maximum atomic E-state index is 12.7. The van der Waals surface area contributed by atoms with E-state index >= 15 is 0 Å². The average molecular weight is 344 g/mol. The van der Waals surface area contributed by atoms with Gasteiger partial charge >= 0.3 is 0 Å². The van der Waals surface area contributed by atoms with Gasteiger partial charge in [0.15, 0.2) is 9.84 Å². The smallest absolute Gasteiger partial charge is 0.216 e. The normalized spacial score (nSPS) is 12.9. The molecular formula is C14H14ClNO3S2. The summed E-state index contributed by atoms with van der Waals surface area (Å²) in [6, 6.07) is 9.87. The van der Waals surface area contributed by atoms with Crippen molar-refractivity contribution in [3.63, 3.8) is 0 Å². The molecule has 4 nitrogen and oxygen atoms in total. The molecular weight excluding hydrogens is 330 g/mol. The molecule has 0 saturated carbocycles. The second-order valence-electron chi connectivity index (χ2n) is 4.45. The first kappa shape index (κ1) is 16.0. The van der Waals surface area contributed by atoms with Gasteiger partial charge in [0.05, 0.1) is 0 Å². The van der Waals surface area contributed by atoms with Crippen molar-refractivity contribution in [2.45, 2.75) is 16.4 Å². The maximum Gasteiger partial charge on any atom is 0.216 e. The number of halogens is 1. The van der Waals surface area contributed by atoms with Gasteiger partial charge in [0.2, 0.25) is 5.91 Å². The van der Waals surface area contributed by atoms with Crippen LogP contribution in [0, 0.1) is 0 Å². The molecule has 0 saturated heterocycles. The summed E-state index contributed by atoms with van der Waals surface area (Å²) in [5.41, 5.74) is 0.599. The number of carbonyl (C=O) groups excluding carboxylic acids is 1. The van der Waals surface area contributed by atoms with Crippen LogP contribution in [0.2, 0.25) is 5.02 Å². The van der Waals surface area contributed by atoms with Gasteiger partial charge in [-0.15, -0.1) is 11.3 Å². The number of amides is 1. The van der Waals surface area contributed by atoms with Crippen LogP contribution >= 0.6 is 22.9 Å². The summed E-state index contributed by atoms with van der Waals surface area (Å²) >= 11 is 7.00. The molecule has 112 valence electrons. The highest BCUT2D eigenvalue weighted by atomic mass is 35.5. The van der Waals surface area contributed by atoms with E-state index in [0.29, 0.717) is 10.6 Å². The van der Waals surface area contributed by atoms with E-state index in [1.54, 1.807) is 41.8 Å². The molecule has 2 rings (SSSR count). The Bertz CT molecular complexity index is 709. The summed E-state index contributed by atoms with van der Waals surface area (Å²) in [6.07, 6.45) is 0. The molecule has 0 radical (unpaired) electrons. The Balaban J connectivity index is 2.41. The molecule has 1 amide bonds. The van der Waals surface area contributed by atoms with Gasteiger partial charge in [-0.3, -0.25) is 4.79 Å². The third-order valence-electron chi connectivity index (χ3n) is 2.93. The van der Waals surface area contributed by atoms with Crippen LogP contribution in [0.1, 0.15) is 17.7 Å². The number of hydrogen-bond donors (Lipinski definition) is 1. The lowest BCUT2D eigenvalue weighted by atomic mass is 10.1. The first-order chi connectivity index (χ1) is 9.91. The molecule has 0 fully saturated rings. The molecule has 0 aliphatic carbocycles. The fraction of sp³-hybridized carbons (Fsp3) is 0.214. The molecule has 0 aliphatic heterocycles. The van der Waals surface area contributed by atoms with Crippen LogP contribution in [0.25, 0.3) is 0 Å². The zero-order valence-electron chi connectivity index (χ0n) is 11.2. The van der Waals surface area contributed by atoms with Gasteiger partial charge in [-0.1, -0.05) is 29.8 Å². The highest BCUT2D eigenvalue weighted by molar-refractivity contribution is 7.93. The predicted molar refractivity (Wildman–Crippen MR) is 84.4 cm³/mol. The highest BCUT2D eigenvalue weighted by Gasteiger charge is 2.30. The molecule has 7 heteroatoms. The fourth-order valence-electron chi connectivity index (χ4n) is 1.89. The van der Waals surface area contributed by atoms with Crippen molar-refractivity contribution >= 4 is 38.7 Å². The predicted octanol–water partition coefficient (Wildman–Crippen LogP) is 3.05. The minimum Gasteiger partial charge on any atom is -0.355 e. The Morgan fingerprint density at radius 1 is 1.29 bits per heavy atom. The van der Waals surface area contributed by atoms with E-state index in [-0.39, 0.29) is 16.7 Å². The van der Waals surface area contributed by atoms with Crippen LogP contribution in [0.3, 0.4) is 0 Å². The number of hydrogen-bond acceptors (Lipinski definition) is 4. The molecule has 0 unspecified atom stereocenters. The van der Waals surface area contributed by atoms with Crippen molar-refractivity contribution < 1.29 is 13.2 Å². The van der Waals surface area contributed by atoms with Crippen molar-refractivity contribution in [2.24, 2.45) is 0 Å². The van der Waals surface area contributed by atoms with Crippen molar-refractivity contribution in [3.8, 4) is 0 Å². The fourth-order valence-corrected chi connectivity index (χ4v) is 4.88. The summed E-state index contributed by atoms with van der Waals surface area (Å²) in [6.45, 7) is 1.38. The van der Waals surface area contributed by atoms with E-state index in [4.69, 9.17) is 11.6 Å². The number of rotatable bonds is 5. The van der Waals surface area contributed by atoms with E-state index in [1.807, 2.05) is 0 Å². The van der Waals surface area contributed by atoms with Gasteiger partial charge in [0.25, 0.3) is 0 Å². The lowest BCUT2D eigenvalue weighted by molar-refractivity contribution is -0.118. The summed E-state index contributed by atoms with van der Waals surface area (Å²) < 4.78 is 25.7. The summed E-state index contributed by atoms with van der Waals surface area (Å²) in [5, 5.41) is 3.99. The summed E-state index contributed by atoms with van der Waals surface area (Å²) in [7, 11) is -3.56. The first-order valence-corrected chi connectivity index (χ1v) is 8.99. The van der Waals surface area contributed by atoms with E-state index in [9.17, 15) is 13.2 Å². The van der Waals surface area contributed by atoms with E-state index in [0.717, 1.165) is 11.3 Å².